The van der Waals surface area contributed by atoms with Gasteiger partial charge >= 0.3 is 5.97 Å². The SMILES string of the molecule is COC(=O)CCCCOC1OC(C)C(OCc2ccccc2)CC1OCc1ccccc1. The fourth-order valence-corrected chi connectivity index (χ4v) is 3.64. The first-order chi connectivity index (χ1) is 15.7. The molecule has 6 nitrogen and oxygen atoms in total. The third-order valence-electron chi connectivity index (χ3n) is 5.54. The Morgan fingerprint density at radius 2 is 1.47 bits per heavy atom. The van der Waals surface area contributed by atoms with E-state index in [4.69, 9.17) is 18.9 Å². The van der Waals surface area contributed by atoms with E-state index in [1.807, 2.05) is 55.5 Å². The molecule has 1 aliphatic heterocycles. The molecule has 4 unspecified atom stereocenters. The lowest BCUT2D eigenvalue weighted by Crippen LogP contribution is -2.49. The number of rotatable bonds is 12. The van der Waals surface area contributed by atoms with E-state index in [1.54, 1.807) is 0 Å². The minimum atomic E-state index is -0.469. The summed E-state index contributed by atoms with van der Waals surface area (Å²) >= 11 is 0. The van der Waals surface area contributed by atoms with Crippen molar-refractivity contribution in [2.45, 2.75) is 70.4 Å². The molecular formula is C26H34O6. The standard InChI is InChI=1S/C26H34O6/c1-20-23(30-18-21-11-5-3-6-12-21)17-24(31-19-22-13-7-4-8-14-22)26(32-20)29-16-10-9-15-25(27)28-2/h3-8,11-14,20,23-24,26H,9-10,15-19H2,1-2H3. The fraction of sp³-hybridized carbons (Fsp3) is 0.500. The Morgan fingerprint density at radius 3 is 2.06 bits per heavy atom. The van der Waals surface area contributed by atoms with Crippen LogP contribution in [0.25, 0.3) is 0 Å². The molecule has 32 heavy (non-hydrogen) atoms. The van der Waals surface area contributed by atoms with Gasteiger partial charge in [0.1, 0.15) is 6.10 Å². The summed E-state index contributed by atoms with van der Waals surface area (Å²) in [7, 11) is 1.40. The van der Waals surface area contributed by atoms with Crippen LogP contribution in [0, 0.1) is 0 Å². The van der Waals surface area contributed by atoms with Crippen LogP contribution in [0.3, 0.4) is 0 Å². The zero-order valence-electron chi connectivity index (χ0n) is 19.0. The van der Waals surface area contributed by atoms with Crippen molar-refractivity contribution >= 4 is 5.97 Å². The van der Waals surface area contributed by atoms with Crippen LogP contribution in [-0.2, 0) is 41.7 Å². The van der Waals surface area contributed by atoms with E-state index in [2.05, 4.69) is 16.9 Å². The van der Waals surface area contributed by atoms with Crippen molar-refractivity contribution in [2.75, 3.05) is 13.7 Å². The maximum Gasteiger partial charge on any atom is 0.305 e. The van der Waals surface area contributed by atoms with Gasteiger partial charge in [0, 0.05) is 19.4 Å². The quantitative estimate of drug-likeness (QED) is 0.352. The molecule has 2 aromatic rings. The number of carbonyl (C=O) groups excluding carboxylic acids is 1. The van der Waals surface area contributed by atoms with Gasteiger partial charge in [-0.15, -0.1) is 0 Å². The monoisotopic (exact) mass is 442 g/mol. The van der Waals surface area contributed by atoms with Crippen LogP contribution >= 0.6 is 0 Å². The van der Waals surface area contributed by atoms with Crippen molar-refractivity contribution in [3.8, 4) is 0 Å². The van der Waals surface area contributed by atoms with E-state index in [9.17, 15) is 4.79 Å². The van der Waals surface area contributed by atoms with Gasteiger partial charge in [-0.3, -0.25) is 4.79 Å². The Labute approximate surface area is 190 Å². The highest BCUT2D eigenvalue weighted by Crippen LogP contribution is 2.27. The second kappa shape index (κ2) is 13.3. The second-order valence-corrected chi connectivity index (χ2v) is 8.02. The Hall–Kier alpha value is -2.25. The van der Waals surface area contributed by atoms with Crippen LogP contribution in [0.1, 0.15) is 43.7 Å². The molecule has 0 radical (unpaired) electrons. The third kappa shape index (κ3) is 8.02. The molecule has 6 heteroatoms. The maximum absolute atomic E-state index is 11.3. The Kier molecular flexibility index (Phi) is 10.2. The summed E-state index contributed by atoms with van der Waals surface area (Å²) in [6.07, 6.45) is 1.64. The lowest BCUT2D eigenvalue weighted by molar-refractivity contribution is -0.279. The molecule has 1 heterocycles. The molecule has 0 aliphatic carbocycles. The number of esters is 1. The van der Waals surface area contributed by atoms with Gasteiger partial charge in [0.25, 0.3) is 0 Å². The summed E-state index contributed by atoms with van der Waals surface area (Å²) in [6, 6.07) is 20.2. The van der Waals surface area contributed by atoms with E-state index in [0.717, 1.165) is 17.5 Å². The smallest absolute Gasteiger partial charge is 0.305 e. The van der Waals surface area contributed by atoms with Gasteiger partial charge in [0.15, 0.2) is 6.29 Å². The number of ether oxygens (including phenoxy) is 5. The topological polar surface area (TPSA) is 63.2 Å². The molecule has 0 spiro atoms. The van der Waals surface area contributed by atoms with E-state index in [-0.39, 0.29) is 24.3 Å². The van der Waals surface area contributed by atoms with Crippen LogP contribution in [0.5, 0.6) is 0 Å². The number of benzene rings is 2. The summed E-state index contributed by atoms with van der Waals surface area (Å²) in [5.41, 5.74) is 2.23. The third-order valence-corrected chi connectivity index (χ3v) is 5.54. The van der Waals surface area contributed by atoms with Gasteiger partial charge in [-0.2, -0.15) is 0 Å². The Bertz CT molecular complexity index is 781. The molecule has 1 aliphatic rings. The zero-order chi connectivity index (χ0) is 22.6. The van der Waals surface area contributed by atoms with Crippen LogP contribution in [-0.4, -0.2) is 44.3 Å². The fourth-order valence-electron chi connectivity index (χ4n) is 3.64. The van der Waals surface area contributed by atoms with E-state index in [1.165, 1.54) is 7.11 Å². The molecular weight excluding hydrogens is 408 g/mol. The molecule has 174 valence electrons. The van der Waals surface area contributed by atoms with Crippen LogP contribution in [0.2, 0.25) is 0 Å². The molecule has 0 bridgehead atoms. The van der Waals surface area contributed by atoms with Crippen molar-refractivity contribution < 1.29 is 28.5 Å². The van der Waals surface area contributed by atoms with Gasteiger partial charge in [0.2, 0.25) is 0 Å². The van der Waals surface area contributed by atoms with Crippen LogP contribution < -0.4 is 0 Å². The highest BCUT2D eigenvalue weighted by Gasteiger charge is 2.38. The maximum atomic E-state index is 11.3. The predicted octanol–water partition coefficient (Wildman–Crippen LogP) is 4.65. The summed E-state index contributed by atoms with van der Waals surface area (Å²) in [4.78, 5) is 11.3. The van der Waals surface area contributed by atoms with Gasteiger partial charge in [0.05, 0.1) is 32.5 Å². The molecule has 2 aromatic carbocycles. The molecule has 0 N–H and O–H groups in total. The van der Waals surface area contributed by atoms with Gasteiger partial charge < -0.3 is 23.7 Å². The van der Waals surface area contributed by atoms with Crippen LogP contribution in [0.4, 0.5) is 0 Å². The van der Waals surface area contributed by atoms with E-state index in [0.29, 0.717) is 39.1 Å². The van der Waals surface area contributed by atoms with Gasteiger partial charge in [-0.25, -0.2) is 0 Å². The van der Waals surface area contributed by atoms with E-state index < -0.39 is 6.29 Å². The molecule has 1 saturated heterocycles. The number of hydrogen-bond donors (Lipinski definition) is 0. The van der Waals surface area contributed by atoms with Crippen molar-refractivity contribution in [1.29, 1.82) is 0 Å². The zero-order valence-corrected chi connectivity index (χ0v) is 19.0. The summed E-state index contributed by atoms with van der Waals surface area (Å²) in [5, 5.41) is 0. The minimum absolute atomic E-state index is 0.0878. The van der Waals surface area contributed by atoms with Crippen molar-refractivity contribution in [3.63, 3.8) is 0 Å². The summed E-state index contributed by atoms with van der Waals surface area (Å²) in [5.74, 6) is -0.199. The molecule has 1 fully saturated rings. The second-order valence-electron chi connectivity index (χ2n) is 8.02. The summed E-state index contributed by atoms with van der Waals surface area (Å²) in [6.45, 7) is 3.52. The number of unbranched alkanes of at least 4 members (excludes halogenated alkanes) is 1. The lowest BCUT2D eigenvalue weighted by Gasteiger charge is -2.39. The van der Waals surface area contributed by atoms with Crippen molar-refractivity contribution in [2.24, 2.45) is 0 Å². The lowest BCUT2D eigenvalue weighted by atomic mass is 10.0. The van der Waals surface area contributed by atoms with Crippen molar-refractivity contribution in [1.82, 2.24) is 0 Å². The van der Waals surface area contributed by atoms with Gasteiger partial charge in [-0.1, -0.05) is 60.7 Å². The largest absolute Gasteiger partial charge is 0.469 e. The number of hydrogen-bond acceptors (Lipinski definition) is 6. The molecule has 0 saturated carbocycles. The summed E-state index contributed by atoms with van der Waals surface area (Å²) < 4.78 is 29.3. The van der Waals surface area contributed by atoms with E-state index >= 15 is 0 Å². The molecule has 0 amide bonds. The first-order valence-electron chi connectivity index (χ1n) is 11.3. The first-order valence-corrected chi connectivity index (χ1v) is 11.3. The Morgan fingerprint density at radius 1 is 0.875 bits per heavy atom. The highest BCUT2D eigenvalue weighted by atomic mass is 16.7. The minimum Gasteiger partial charge on any atom is -0.469 e. The predicted molar refractivity (Wildman–Crippen MR) is 121 cm³/mol. The molecule has 4 atom stereocenters. The highest BCUT2D eigenvalue weighted by molar-refractivity contribution is 5.68. The van der Waals surface area contributed by atoms with Gasteiger partial charge in [-0.05, 0) is 30.9 Å². The molecule has 0 aromatic heterocycles. The average molecular weight is 443 g/mol. The number of carbonyl (C=O) groups is 1. The van der Waals surface area contributed by atoms with Crippen molar-refractivity contribution in [3.05, 3.63) is 71.8 Å². The number of methoxy groups -OCH3 is 1. The normalized spacial score (nSPS) is 23.1. The molecule has 3 rings (SSSR count). The van der Waals surface area contributed by atoms with Crippen LogP contribution in [0.15, 0.2) is 60.7 Å². The Balaban J connectivity index is 1.54. The first kappa shape index (κ1) is 24.4. The average Bonchev–Trinajstić information content (AvgIpc) is 2.83.